The molecule has 2 aromatic carbocycles. The Labute approximate surface area is 175 Å². The number of carbonyl (C=O) groups excluding carboxylic acids is 1. The second-order valence-corrected chi connectivity index (χ2v) is 8.69. The maximum Gasteiger partial charge on any atom is 0.282 e. The van der Waals surface area contributed by atoms with Crippen molar-refractivity contribution in [2.24, 2.45) is 0 Å². The van der Waals surface area contributed by atoms with Crippen molar-refractivity contribution in [3.63, 3.8) is 0 Å². The van der Waals surface area contributed by atoms with E-state index in [1.807, 2.05) is 37.3 Å². The third-order valence-electron chi connectivity index (χ3n) is 5.71. The fraction of sp³-hybridized carbons (Fsp3) is 0.364. The Morgan fingerprint density at radius 3 is 2.62 bits per heavy atom. The number of methoxy groups -OCH3 is 1. The largest absolute Gasteiger partial charge is 0.495 e. The summed E-state index contributed by atoms with van der Waals surface area (Å²) in [6.45, 7) is 7.06. The first-order valence-electron chi connectivity index (χ1n) is 10.1. The highest BCUT2D eigenvalue weighted by atomic mass is 32.1. The fourth-order valence-corrected chi connectivity index (χ4v) is 4.96. The first-order chi connectivity index (χ1) is 14.1. The van der Waals surface area contributed by atoms with Crippen molar-refractivity contribution < 1.29 is 19.3 Å². The topological polar surface area (TPSA) is 60.1 Å². The van der Waals surface area contributed by atoms with Crippen LogP contribution in [0, 0.1) is 0 Å². The summed E-state index contributed by atoms with van der Waals surface area (Å²) in [5.41, 5.74) is 1.82. The van der Waals surface area contributed by atoms with Crippen molar-refractivity contribution in [1.29, 1.82) is 0 Å². The molecule has 1 atom stereocenters. The zero-order chi connectivity index (χ0) is 20.2. The van der Waals surface area contributed by atoms with Gasteiger partial charge in [0.05, 0.1) is 23.0 Å². The number of carbonyl (C=O) groups is 1. The molecule has 152 valence electrons. The summed E-state index contributed by atoms with van der Waals surface area (Å²) in [7, 11) is 1.62. The van der Waals surface area contributed by atoms with E-state index in [0.717, 1.165) is 43.9 Å². The number of fused-ring (bicyclic) bond motifs is 1. The number of hydrogen-bond acceptors (Lipinski definition) is 4. The van der Waals surface area contributed by atoms with Crippen LogP contribution in [0.25, 0.3) is 10.2 Å². The Morgan fingerprint density at radius 2 is 1.86 bits per heavy atom. The van der Waals surface area contributed by atoms with Crippen LogP contribution in [-0.4, -0.2) is 50.2 Å². The van der Waals surface area contributed by atoms with Crippen molar-refractivity contribution in [1.82, 2.24) is 4.98 Å². The second-order valence-electron chi connectivity index (χ2n) is 7.57. The molecule has 1 amide bonds. The predicted octanol–water partition coefficient (Wildman–Crippen LogP) is 0.616. The van der Waals surface area contributed by atoms with E-state index in [9.17, 15) is 4.79 Å². The van der Waals surface area contributed by atoms with Gasteiger partial charge in [-0.25, -0.2) is 4.98 Å². The van der Waals surface area contributed by atoms with E-state index in [1.54, 1.807) is 23.3 Å². The lowest BCUT2D eigenvalue weighted by molar-refractivity contribution is -1.02. The standard InChI is InChI=1S/C22H26N4O2S/c1-16(22(27)24-17-7-3-5-9-19(17)28-2)26-13-11-25(12-14-26)15-21-23-18-8-4-6-10-20(18)29-21/h3-10,16H,11-15H2,1-2H3,(H,24,27)/p+2/t16-/m1/s1. The number of anilines is 1. The Balaban J connectivity index is 1.31. The highest BCUT2D eigenvalue weighted by Gasteiger charge is 2.31. The van der Waals surface area contributed by atoms with Gasteiger partial charge in [0.1, 0.15) is 43.5 Å². The number of aromatic nitrogens is 1. The number of thiazole rings is 1. The maximum absolute atomic E-state index is 12.7. The smallest absolute Gasteiger partial charge is 0.282 e. The monoisotopic (exact) mass is 412 g/mol. The molecule has 1 aliphatic heterocycles. The molecule has 1 saturated heterocycles. The van der Waals surface area contributed by atoms with E-state index < -0.39 is 0 Å². The van der Waals surface area contributed by atoms with Gasteiger partial charge in [-0.3, -0.25) is 4.79 Å². The SMILES string of the molecule is COc1ccccc1NC(=O)[C@@H](C)[NH+]1CC[NH+](Cc2nc3ccccc3s2)CC1. The van der Waals surface area contributed by atoms with E-state index in [0.29, 0.717) is 5.75 Å². The Kier molecular flexibility index (Phi) is 6.08. The number of para-hydroxylation sites is 3. The van der Waals surface area contributed by atoms with Crippen molar-refractivity contribution in [2.45, 2.75) is 19.5 Å². The van der Waals surface area contributed by atoms with Gasteiger partial charge in [0, 0.05) is 0 Å². The maximum atomic E-state index is 12.7. The molecule has 1 aromatic heterocycles. The Bertz CT molecular complexity index is 949. The van der Waals surface area contributed by atoms with Crippen molar-refractivity contribution in [3.05, 3.63) is 53.5 Å². The summed E-state index contributed by atoms with van der Waals surface area (Å²) < 4.78 is 6.59. The van der Waals surface area contributed by atoms with Gasteiger partial charge >= 0.3 is 0 Å². The minimum atomic E-state index is -0.0936. The van der Waals surface area contributed by atoms with Crippen LogP contribution in [0.2, 0.25) is 0 Å². The summed E-state index contributed by atoms with van der Waals surface area (Å²) in [5, 5.41) is 4.23. The zero-order valence-corrected chi connectivity index (χ0v) is 17.7. The number of quaternary nitrogens is 2. The van der Waals surface area contributed by atoms with Gasteiger partial charge in [0.25, 0.3) is 5.91 Å². The van der Waals surface area contributed by atoms with Crippen LogP contribution in [0.3, 0.4) is 0 Å². The van der Waals surface area contributed by atoms with Crippen molar-refractivity contribution in [3.8, 4) is 5.75 Å². The molecule has 1 aliphatic rings. The van der Waals surface area contributed by atoms with Crippen LogP contribution >= 0.6 is 11.3 Å². The predicted molar refractivity (Wildman–Crippen MR) is 116 cm³/mol. The molecule has 3 aromatic rings. The summed E-state index contributed by atoms with van der Waals surface area (Å²) >= 11 is 1.79. The number of nitrogens with zero attached hydrogens (tertiary/aromatic N) is 1. The molecule has 6 nitrogen and oxygen atoms in total. The van der Waals surface area contributed by atoms with Gasteiger partial charge in [0.2, 0.25) is 0 Å². The first kappa shape index (κ1) is 19.8. The highest BCUT2D eigenvalue weighted by Crippen LogP contribution is 2.23. The molecule has 0 spiro atoms. The van der Waals surface area contributed by atoms with Crippen LogP contribution < -0.4 is 19.9 Å². The number of benzene rings is 2. The lowest BCUT2D eigenvalue weighted by Crippen LogP contribution is -3.29. The molecule has 1 fully saturated rings. The molecule has 0 aliphatic carbocycles. The molecule has 0 bridgehead atoms. The van der Waals surface area contributed by atoms with E-state index in [4.69, 9.17) is 9.72 Å². The van der Waals surface area contributed by atoms with Crippen LogP contribution in [0.1, 0.15) is 11.9 Å². The lowest BCUT2D eigenvalue weighted by atomic mass is 10.2. The Morgan fingerprint density at radius 1 is 1.14 bits per heavy atom. The number of ether oxygens (including phenoxy) is 1. The Hall–Kier alpha value is -2.48. The molecule has 0 saturated carbocycles. The molecular formula is C22H28N4O2S+2. The molecule has 3 N–H and O–H groups in total. The van der Waals surface area contributed by atoms with Gasteiger partial charge in [-0.1, -0.05) is 24.3 Å². The van der Waals surface area contributed by atoms with E-state index in [-0.39, 0.29) is 11.9 Å². The minimum absolute atomic E-state index is 0.0409. The van der Waals surface area contributed by atoms with E-state index in [1.165, 1.54) is 14.6 Å². The average Bonchev–Trinajstić information content (AvgIpc) is 3.16. The molecule has 0 unspecified atom stereocenters. The van der Waals surface area contributed by atoms with Crippen LogP contribution in [0.4, 0.5) is 5.69 Å². The summed E-state index contributed by atoms with van der Waals surface area (Å²) in [5.74, 6) is 0.729. The molecule has 7 heteroatoms. The van der Waals surface area contributed by atoms with Gasteiger partial charge in [-0.2, -0.15) is 0 Å². The van der Waals surface area contributed by atoms with Crippen LogP contribution in [0.15, 0.2) is 48.5 Å². The summed E-state index contributed by atoms with van der Waals surface area (Å²) in [4.78, 5) is 20.4. The summed E-state index contributed by atoms with van der Waals surface area (Å²) in [6.07, 6.45) is 0. The van der Waals surface area contributed by atoms with Gasteiger partial charge < -0.3 is 19.9 Å². The number of piperazine rings is 1. The van der Waals surface area contributed by atoms with Crippen LogP contribution in [-0.2, 0) is 11.3 Å². The lowest BCUT2D eigenvalue weighted by Gasteiger charge is -2.32. The second kappa shape index (κ2) is 8.90. The normalized spacial score (nSPS) is 20.3. The molecule has 29 heavy (non-hydrogen) atoms. The quantitative estimate of drug-likeness (QED) is 0.556. The van der Waals surface area contributed by atoms with Gasteiger partial charge in [-0.15, -0.1) is 11.3 Å². The van der Waals surface area contributed by atoms with E-state index >= 15 is 0 Å². The minimum Gasteiger partial charge on any atom is -0.495 e. The van der Waals surface area contributed by atoms with Gasteiger partial charge in [-0.05, 0) is 31.2 Å². The molecule has 0 radical (unpaired) electrons. The zero-order valence-electron chi connectivity index (χ0n) is 16.9. The third kappa shape index (κ3) is 4.58. The molecule has 4 rings (SSSR count). The number of hydrogen-bond donors (Lipinski definition) is 3. The van der Waals surface area contributed by atoms with Crippen molar-refractivity contribution in [2.75, 3.05) is 38.6 Å². The van der Waals surface area contributed by atoms with Crippen LogP contribution in [0.5, 0.6) is 5.75 Å². The highest BCUT2D eigenvalue weighted by molar-refractivity contribution is 7.18. The molecular weight excluding hydrogens is 384 g/mol. The van der Waals surface area contributed by atoms with E-state index in [2.05, 4.69) is 23.5 Å². The average molecular weight is 413 g/mol. The van der Waals surface area contributed by atoms with Gasteiger partial charge in [0.15, 0.2) is 6.04 Å². The summed E-state index contributed by atoms with van der Waals surface area (Å²) in [6, 6.07) is 15.8. The molecule has 2 heterocycles. The first-order valence-corrected chi connectivity index (χ1v) is 10.9. The number of nitrogens with one attached hydrogen (secondary N) is 3. The number of amides is 1. The third-order valence-corrected chi connectivity index (χ3v) is 6.75. The van der Waals surface area contributed by atoms with Crippen molar-refractivity contribution >= 4 is 33.1 Å². The fourth-order valence-electron chi connectivity index (χ4n) is 3.92. The number of rotatable bonds is 6.